The van der Waals surface area contributed by atoms with E-state index in [1.165, 1.54) is 31.2 Å². The molecule has 36 heavy (non-hydrogen) atoms. The molecule has 0 spiro atoms. The van der Waals surface area contributed by atoms with E-state index in [0.29, 0.717) is 5.56 Å². The Kier molecular flexibility index (Phi) is 11.8. The average molecular weight is 511 g/mol. The molecule has 5 atom stereocenters. The second-order valence-electron chi connectivity index (χ2n) is 8.77. The molecule has 13 nitrogen and oxygen atoms in total. The van der Waals surface area contributed by atoms with Crippen LogP contribution in [0.2, 0.25) is 0 Å². The van der Waals surface area contributed by atoms with E-state index < -0.39 is 65.8 Å². The second kappa shape index (κ2) is 14.0. The first-order valence-corrected chi connectivity index (χ1v) is 11.3. The van der Waals surface area contributed by atoms with Gasteiger partial charge in [-0.25, -0.2) is 4.79 Å². The molecular weight excluding hydrogens is 476 g/mol. The Labute approximate surface area is 208 Å². The molecule has 0 aromatic heterocycles. The van der Waals surface area contributed by atoms with E-state index in [-0.39, 0.29) is 25.0 Å². The maximum Gasteiger partial charge on any atom is 0.326 e. The van der Waals surface area contributed by atoms with Crippen LogP contribution in [-0.2, 0) is 30.4 Å². The molecule has 0 heterocycles. The molecule has 1 aromatic carbocycles. The number of hydrogen-bond donors (Lipinski definition) is 8. The number of hydrogen-bond acceptors (Lipinski definition) is 8. The van der Waals surface area contributed by atoms with E-state index in [0.717, 1.165) is 0 Å². The van der Waals surface area contributed by atoms with E-state index in [9.17, 15) is 39.3 Å². The van der Waals surface area contributed by atoms with Crippen LogP contribution in [0.3, 0.4) is 0 Å². The van der Waals surface area contributed by atoms with Crippen molar-refractivity contribution in [1.29, 1.82) is 0 Å². The van der Waals surface area contributed by atoms with Crippen molar-refractivity contribution in [3.63, 3.8) is 0 Å². The number of nitrogens with two attached hydrogens (primary N) is 1. The summed E-state index contributed by atoms with van der Waals surface area (Å²) in [6, 6.07) is 0.492. The van der Waals surface area contributed by atoms with Gasteiger partial charge >= 0.3 is 11.9 Å². The fourth-order valence-electron chi connectivity index (χ4n) is 3.18. The van der Waals surface area contributed by atoms with Crippen LogP contribution < -0.4 is 21.7 Å². The molecule has 0 radical (unpaired) electrons. The Morgan fingerprint density at radius 2 is 1.39 bits per heavy atom. The lowest BCUT2D eigenvalue weighted by Gasteiger charge is -2.28. The molecule has 0 aliphatic heterocycles. The summed E-state index contributed by atoms with van der Waals surface area (Å²) in [6.45, 7) is 4.45. The van der Waals surface area contributed by atoms with Crippen molar-refractivity contribution in [3.05, 3.63) is 29.8 Å². The zero-order valence-corrected chi connectivity index (χ0v) is 20.3. The summed E-state index contributed by atoms with van der Waals surface area (Å²) in [5.74, 6) is -5.53. The van der Waals surface area contributed by atoms with Crippen LogP contribution in [0.1, 0.15) is 39.2 Å². The molecular formula is C23H34N4O9. The number of nitrogens with one attached hydrogen (secondary N) is 3. The number of phenolic OH excluding ortho intramolecular Hbond substituents is 1. The van der Waals surface area contributed by atoms with Gasteiger partial charge in [-0.05, 0) is 37.0 Å². The average Bonchev–Trinajstić information content (AvgIpc) is 2.79. The van der Waals surface area contributed by atoms with E-state index in [1.54, 1.807) is 13.8 Å². The number of carboxylic acid groups (broad SMARTS) is 2. The van der Waals surface area contributed by atoms with Crippen LogP contribution in [-0.4, -0.2) is 80.4 Å². The number of benzene rings is 1. The standard InChI is InChI=1S/C23H34N4O9/c1-11(2)18(21(33)25-16(23(35)36)10-13-4-6-14(29)7-5-13)26-22(34)19(12(3)28)27-20(32)15(24)8-9-17(30)31/h4-7,11-12,15-16,18-19,28-29H,8-10,24H2,1-3H3,(H,25,33)(H,26,34)(H,27,32)(H,30,31)(H,35,36). The zero-order chi connectivity index (χ0) is 27.6. The minimum absolute atomic E-state index is 0.000145. The van der Waals surface area contributed by atoms with Crippen LogP contribution in [0.5, 0.6) is 5.75 Å². The van der Waals surface area contributed by atoms with Gasteiger partial charge in [-0.15, -0.1) is 0 Å². The highest BCUT2D eigenvalue weighted by atomic mass is 16.4. The van der Waals surface area contributed by atoms with Crippen molar-refractivity contribution in [2.45, 2.75) is 70.3 Å². The van der Waals surface area contributed by atoms with Crippen molar-refractivity contribution < 1.29 is 44.4 Å². The van der Waals surface area contributed by atoms with Crippen LogP contribution in [0.25, 0.3) is 0 Å². The summed E-state index contributed by atoms with van der Waals surface area (Å²) >= 11 is 0. The van der Waals surface area contributed by atoms with Crippen molar-refractivity contribution in [2.24, 2.45) is 11.7 Å². The van der Waals surface area contributed by atoms with Crippen molar-refractivity contribution >= 4 is 29.7 Å². The zero-order valence-electron chi connectivity index (χ0n) is 20.3. The highest BCUT2D eigenvalue weighted by Gasteiger charge is 2.33. The molecule has 0 aliphatic rings. The molecule has 0 aliphatic carbocycles. The SMILES string of the molecule is CC(C)C(NC(=O)C(NC(=O)C(N)CCC(=O)O)C(C)O)C(=O)NC(Cc1ccc(O)cc1)C(=O)O. The number of phenols is 1. The van der Waals surface area contributed by atoms with Crippen LogP contribution in [0, 0.1) is 5.92 Å². The lowest BCUT2D eigenvalue weighted by molar-refractivity contribution is -0.142. The number of aliphatic hydroxyl groups excluding tert-OH is 1. The Morgan fingerprint density at radius 3 is 1.86 bits per heavy atom. The number of carbonyl (C=O) groups is 5. The van der Waals surface area contributed by atoms with Gasteiger partial charge in [0.1, 0.15) is 23.9 Å². The summed E-state index contributed by atoms with van der Waals surface area (Å²) in [6.07, 6.45) is -2.03. The number of carbonyl (C=O) groups excluding carboxylic acids is 3. The second-order valence-corrected chi connectivity index (χ2v) is 8.77. The molecule has 1 aromatic rings. The molecule has 3 amide bonds. The Morgan fingerprint density at radius 1 is 0.861 bits per heavy atom. The quantitative estimate of drug-likeness (QED) is 0.147. The number of rotatable bonds is 14. The Bertz CT molecular complexity index is 934. The topological polar surface area (TPSA) is 228 Å². The largest absolute Gasteiger partial charge is 0.508 e. The van der Waals surface area contributed by atoms with Crippen molar-refractivity contribution in [3.8, 4) is 5.75 Å². The highest BCUT2D eigenvalue weighted by Crippen LogP contribution is 2.12. The summed E-state index contributed by atoms with van der Waals surface area (Å²) in [5, 5.41) is 44.7. The Hall–Kier alpha value is -3.71. The number of aliphatic carboxylic acids is 2. The number of amides is 3. The summed E-state index contributed by atoms with van der Waals surface area (Å²) in [5.41, 5.74) is 6.19. The molecule has 0 bridgehead atoms. The summed E-state index contributed by atoms with van der Waals surface area (Å²) in [4.78, 5) is 60.4. The molecule has 1 rings (SSSR count). The van der Waals surface area contributed by atoms with Gasteiger partial charge in [0, 0.05) is 12.8 Å². The molecule has 0 saturated heterocycles. The summed E-state index contributed by atoms with van der Waals surface area (Å²) < 4.78 is 0. The van der Waals surface area contributed by atoms with Crippen LogP contribution in [0.15, 0.2) is 24.3 Å². The van der Waals surface area contributed by atoms with Gasteiger partial charge in [-0.3, -0.25) is 19.2 Å². The molecule has 9 N–H and O–H groups in total. The third-order valence-corrected chi connectivity index (χ3v) is 5.31. The minimum Gasteiger partial charge on any atom is -0.508 e. The van der Waals surface area contributed by atoms with Gasteiger partial charge in [-0.1, -0.05) is 26.0 Å². The van der Waals surface area contributed by atoms with E-state index in [4.69, 9.17) is 10.8 Å². The van der Waals surface area contributed by atoms with Gasteiger partial charge in [0.05, 0.1) is 12.1 Å². The first-order valence-electron chi connectivity index (χ1n) is 11.3. The number of aromatic hydroxyl groups is 1. The lowest BCUT2D eigenvalue weighted by atomic mass is 10.00. The fraction of sp³-hybridized carbons (Fsp3) is 0.522. The van der Waals surface area contributed by atoms with Crippen LogP contribution in [0.4, 0.5) is 0 Å². The Balaban J connectivity index is 2.92. The van der Waals surface area contributed by atoms with Gasteiger partial charge in [0.15, 0.2) is 0 Å². The lowest BCUT2D eigenvalue weighted by Crippen LogP contribution is -2.60. The van der Waals surface area contributed by atoms with Gasteiger partial charge in [-0.2, -0.15) is 0 Å². The number of aliphatic hydroxyl groups is 1. The summed E-state index contributed by atoms with van der Waals surface area (Å²) in [7, 11) is 0. The van der Waals surface area contributed by atoms with E-state index >= 15 is 0 Å². The smallest absolute Gasteiger partial charge is 0.326 e. The molecule has 0 fully saturated rings. The van der Waals surface area contributed by atoms with Crippen LogP contribution >= 0.6 is 0 Å². The van der Waals surface area contributed by atoms with Gasteiger partial charge < -0.3 is 42.1 Å². The molecule has 5 unspecified atom stereocenters. The fourth-order valence-corrected chi connectivity index (χ4v) is 3.18. The van der Waals surface area contributed by atoms with Crippen molar-refractivity contribution in [1.82, 2.24) is 16.0 Å². The maximum absolute atomic E-state index is 12.9. The van der Waals surface area contributed by atoms with E-state index in [2.05, 4.69) is 16.0 Å². The van der Waals surface area contributed by atoms with Crippen molar-refractivity contribution in [2.75, 3.05) is 0 Å². The third kappa shape index (κ3) is 9.88. The minimum atomic E-state index is -1.50. The normalized spacial score (nSPS) is 15.2. The first kappa shape index (κ1) is 30.3. The molecule has 13 heteroatoms. The maximum atomic E-state index is 12.9. The molecule has 200 valence electrons. The van der Waals surface area contributed by atoms with E-state index in [1.807, 2.05) is 0 Å². The third-order valence-electron chi connectivity index (χ3n) is 5.31. The molecule has 0 saturated carbocycles. The van der Waals surface area contributed by atoms with Gasteiger partial charge in [0.2, 0.25) is 17.7 Å². The highest BCUT2D eigenvalue weighted by molar-refractivity contribution is 5.94. The predicted octanol–water partition coefficient (Wildman–Crippen LogP) is -1.30. The van der Waals surface area contributed by atoms with Gasteiger partial charge in [0.25, 0.3) is 0 Å². The first-order chi connectivity index (χ1) is 16.7. The monoisotopic (exact) mass is 510 g/mol. The predicted molar refractivity (Wildman–Crippen MR) is 127 cm³/mol. The number of carboxylic acids is 2.